The van der Waals surface area contributed by atoms with E-state index in [1.165, 1.54) is 0 Å². The molecular weight excluding hydrogens is 242 g/mol. The molecule has 94 valence electrons. The highest BCUT2D eigenvalue weighted by molar-refractivity contribution is 5.97. The van der Waals surface area contributed by atoms with E-state index in [-0.39, 0.29) is 11.5 Å². The molecule has 4 heteroatoms. The van der Waals surface area contributed by atoms with Crippen LogP contribution in [-0.4, -0.2) is 15.2 Å². The molecule has 3 aromatic rings. The number of nitrogens with one attached hydrogen (secondary N) is 1. The van der Waals surface area contributed by atoms with Crippen molar-refractivity contribution < 1.29 is 10.2 Å². The lowest BCUT2D eigenvalue weighted by atomic mass is 10.0. The number of aromatic nitrogens is 1. The van der Waals surface area contributed by atoms with Crippen molar-refractivity contribution in [2.75, 3.05) is 0 Å². The lowest BCUT2D eigenvalue weighted by Crippen LogP contribution is -2.07. The molecule has 0 aliphatic carbocycles. The summed E-state index contributed by atoms with van der Waals surface area (Å²) in [6, 6.07) is 13.7. The summed E-state index contributed by atoms with van der Waals surface area (Å²) < 4.78 is 0. The third-order valence-electron chi connectivity index (χ3n) is 3.04. The fourth-order valence-corrected chi connectivity index (χ4v) is 2.16. The molecule has 0 unspecified atom stereocenters. The van der Waals surface area contributed by atoms with Crippen LogP contribution in [0.5, 0.6) is 11.5 Å². The maximum Gasteiger partial charge on any atom is 0.291 e. The number of phenols is 1. The Morgan fingerprint density at radius 1 is 0.895 bits per heavy atom. The van der Waals surface area contributed by atoms with E-state index in [9.17, 15) is 15.0 Å². The highest BCUT2D eigenvalue weighted by Crippen LogP contribution is 2.30. The summed E-state index contributed by atoms with van der Waals surface area (Å²) in [4.78, 5) is 14.4. The van der Waals surface area contributed by atoms with Gasteiger partial charge < -0.3 is 15.2 Å². The predicted molar refractivity (Wildman–Crippen MR) is 73.3 cm³/mol. The van der Waals surface area contributed by atoms with Crippen LogP contribution in [-0.2, 0) is 0 Å². The average Bonchev–Trinajstić information content (AvgIpc) is 2.43. The van der Waals surface area contributed by atoms with Gasteiger partial charge in [0.25, 0.3) is 5.56 Å². The zero-order valence-corrected chi connectivity index (χ0v) is 9.92. The molecule has 0 fully saturated rings. The monoisotopic (exact) mass is 253 g/mol. The Morgan fingerprint density at radius 3 is 2.37 bits per heavy atom. The van der Waals surface area contributed by atoms with Gasteiger partial charge in [0.05, 0.1) is 5.69 Å². The van der Waals surface area contributed by atoms with Crippen molar-refractivity contribution >= 4 is 10.8 Å². The first-order valence-electron chi connectivity index (χ1n) is 5.80. The van der Waals surface area contributed by atoms with Gasteiger partial charge >= 0.3 is 0 Å². The highest BCUT2D eigenvalue weighted by Gasteiger charge is 2.11. The first kappa shape index (κ1) is 11.3. The van der Waals surface area contributed by atoms with Gasteiger partial charge in [0.2, 0.25) is 0 Å². The van der Waals surface area contributed by atoms with E-state index < -0.39 is 5.56 Å². The van der Waals surface area contributed by atoms with Gasteiger partial charge in [-0.2, -0.15) is 0 Å². The standard InChI is InChI=1S/C15H11NO3/c17-10-5-3-4-9(8-10)13-11-6-1-2-7-12(11)14(18)15(19)16-13/h1-8,17-18H,(H,16,19). The van der Waals surface area contributed by atoms with Crippen molar-refractivity contribution in [3.05, 3.63) is 58.9 Å². The second-order valence-electron chi connectivity index (χ2n) is 4.27. The number of H-pyrrole nitrogens is 1. The van der Waals surface area contributed by atoms with E-state index >= 15 is 0 Å². The molecule has 1 aromatic heterocycles. The smallest absolute Gasteiger partial charge is 0.291 e. The number of hydrogen-bond acceptors (Lipinski definition) is 3. The van der Waals surface area contributed by atoms with Gasteiger partial charge in [-0.15, -0.1) is 0 Å². The largest absolute Gasteiger partial charge is 0.508 e. The van der Waals surface area contributed by atoms with E-state index in [2.05, 4.69) is 4.98 Å². The van der Waals surface area contributed by atoms with Crippen LogP contribution < -0.4 is 5.56 Å². The molecular formula is C15H11NO3. The molecule has 0 saturated carbocycles. The van der Waals surface area contributed by atoms with Crippen molar-refractivity contribution in [2.24, 2.45) is 0 Å². The van der Waals surface area contributed by atoms with Gasteiger partial charge in [0.15, 0.2) is 5.75 Å². The van der Waals surface area contributed by atoms with Crippen LogP contribution >= 0.6 is 0 Å². The van der Waals surface area contributed by atoms with E-state index in [4.69, 9.17) is 0 Å². The van der Waals surface area contributed by atoms with Crippen molar-refractivity contribution in [2.45, 2.75) is 0 Å². The van der Waals surface area contributed by atoms with Crippen molar-refractivity contribution in [1.29, 1.82) is 0 Å². The summed E-state index contributed by atoms with van der Waals surface area (Å²) in [5.74, 6) is -0.171. The Balaban J connectivity index is 2.42. The Kier molecular flexibility index (Phi) is 2.49. The van der Waals surface area contributed by atoms with Crippen LogP contribution in [0.3, 0.4) is 0 Å². The highest BCUT2D eigenvalue weighted by atomic mass is 16.3. The summed E-state index contributed by atoms with van der Waals surface area (Å²) >= 11 is 0. The lowest BCUT2D eigenvalue weighted by molar-refractivity contribution is 0.473. The maximum absolute atomic E-state index is 11.7. The number of pyridine rings is 1. The van der Waals surface area contributed by atoms with Crippen LogP contribution in [0.25, 0.3) is 22.0 Å². The molecule has 0 amide bonds. The summed E-state index contributed by atoms with van der Waals surface area (Å²) in [5.41, 5.74) is 0.722. The van der Waals surface area contributed by atoms with Crippen LogP contribution in [0.2, 0.25) is 0 Å². The Bertz CT molecular complexity index is 821. The molecule has 0 bridgehead atoms. The molecule has 0 atom stereocenters. The number of fused-ring (bicyclic) bond motifs is 1. The number of rotatable bonds is 1. The second kappa shape index (κ2) is 4.17. The zero-order valence-electron chi connectivity index (χ0n) is 9.92. The van der Waals surface area contributed by atoms with Gasteiger partial charge in [0.1, 0.15) is 5.75 Å². The molecule has 3 N–H and O–H groups in total. The Hall–Kier alpha value is -2.75. The molecule has 1 heterocycles. The topological polar surface area (TPSA) is 73.3 Å². The number of benzene rings is 2. The van der Waals surface area contributed by atoms with Crippen molar-refractivity contribution in [3.8, 4) is 22.8 Å². The van der Waals surface area contributed by atoms with E-state index in [0.29, 0.717) is 16.6 Å². The van der Waals surface area contributed by atoms with Crippen LogP contribution in [0.15, 0.2) is 53.3 Å². The molecule has 3 rings (SSSR count). The Labute approximate surface area is 108 Å². The van der Waals surface area contributed by atoms with E-state index in [0.717, 1.165) is 5.39 Å². The van der Waals surface area contributed by atoms with Gasteiger partial charge in [-0.05, 0) is 12.1 Å². The fraction of sp³-hybridized carbons (Fsp3) is 0. The quantitative estimate of drug-likeness (QED) is 0.624. The van der Waals surface area contributed by atoms with Gasteiger partial charge in [-0.3, -0.25) is 4.79 Å². The van der Waals surface area contributed by atoms with Crippen LogP contribution in [0, 0.1) is 0 Å². The average molecular weight is 253 g/mol. The minimum atomic E-state index is -0.544. The number of phenolic OH excluding ortho intramolecular Hbond substituents is 1. The summed E-state index contributed by atoms with van der Waals surface area (Å²) in [5, 5.41) is 20.5. The zero-order chi connectivity index (χ0) is 13.4. The van der Waals surface area contributed by atoms with Gasteiger partial charge in [-0.25, -0.2) is 0 Å². The third-order valence-corrected chi connectivity index (χ3v) is 3.04. The second-order valence-corrected chi connectivity index (χ2v) is 4.27. The first-order chi connectivity index (χ1) is 9.16. The summed E-state index contributed by atoms with van der Waals surface area (Å²) in [6.07, 6.45) is 0. The van der Waals surface area contributed by atoms with Crippen LogP contribution in [0.1, 0.15) is 0 Å². The molecule has 0 saturated heterocycles. The SMILES string of the molecule is O=c1[nH]c(-c2cccc(O)c2)c2ccccc2c1O. The molecule has 2 aromatic carbocycles. The third kappa shape index (κ3) is 1.83. The molecule has 0 aliphatic rings. The number of aromatic hydroxyl groups is 2. The Morgan fingerprint density at radius 2 is 1.63 bits per heavy atom. The van der Waals surface area contributed by atoms with Crippen molar-refractivity contribution in [3.63, 3.8) is 0 Å². The summed E-state index contributed by atoms with van der Waals surface area (Å²) in [6.45, 7) is 0. The molecule has 0 radical (unpaired) electrons. The molecule has 4 nitrogen and oxygen atoms in total. The number of aromatic amines is 1. The summed E-state index contributed by atoms with van der Waals surface area (Å²) in [7, 11) is 0. The normalized spacial score (nSPS) is 10.7. The van der Waals surface area contributed by atoms with Crippen molar-refractivity contribution in [1.82, 2.24) is 4.98 Å². The number of hydrogen-bond donors (Lipinski definition) is 3. The molecule has 0 spiro atoms. The lowest BCUT2D eigenvalue weighted by Gasteiger charge is -2.08. The van der Waals surface area contributed by atoms with Crippen LogP contribution in [0.4, 0.5) is 0 Å². The fourth-order valence-electron chi connectivity index (χ4n) is 2.16. The minimum Gasteiger partial charge on any atom is -0.508 e. The predicted octanol–water partition coefficient (Wildman–Crippen LogP) is 2.61. The molecule has 19 heavy (non-hydrogen) atoms. The maximum atomic E-state index is 11.7. The van der Waals surface area contributed by atoms with E-state index in [1.54, 1.807) is 36.4 Å². The van der Waals surface area contributed by atoms with Gasteiger partial charge in [0, 0.05) is 16.3 Å². The van der Waals surface area contributed by atoms with E-state index in [1.807, 2.05) is 12.1 Å². The first-order valence-corrected chi connectivity index (χ1v) is 5.80. The minimum absolute atomic E-state index is 0.121. The van der Waals surface area contributed by atoms with Gasteiger partial charge in [-0.1, -0.05) is 36.4 Å². The molecule has 0 aliphatic heterocycles.